The summed E-state index contributed by atoms with van der Waals surface area (Å²) in [6, 6.07) is 6.81. The summed E-state index contributed by atoms with van der Waals surface area (Å²) in [5.41, 5.74) is 0.946. The molecule has 2 N–H and O–H groups in total. The molecule has 1 fully saturated rings. The maximum Gasteiger partial charge on any atom is 0.191 e. The van der Waals surface area contributed by atoms with Crippen molar-refractivity contribution in [1.82, 2.24) is 20.4 Å². The first-order valence-corrected chi connectivity index (χ1v) is 9.52. The van der Waals surface area contributed by atoms with E-state index in [1.54, 1.807) is 19.2 Å². The van der Waals surface area contributed by atoms with E-state index in [2.05, 4.69) is 39.3 Å². The highest BCUT2D eigenvalue weighted by Crippen LogP contribution is 2.18. The van der Waals surface area contributed by atoms with Gasteiger partial charge in [0.1, 0.15) is 5.82 Å². The molecule has 7 heteroatoms. The quantitative estimate of drug-likeness (QED) is 0.558. The molecule has 0 bridgehead atoms. The smallest absolute Gasteiger partial charge is 0.191 e. The Morgan fingerprint density at radius 3 is 2.59 bits per heavy atom. The molecule has 0 amide bonds. The van der Waals surface area contributed by atoms with Crippen LogP contribution >= 0.6 is 0 Å². The zero-order valence-corrected chi connectivity index (χ0v) is 17.3. The molecule has 1 aliphatic rings. The van der Waals surface area contributed by atoms with E-state index in [1.807, 2.05) is 20.2 Å². The number of nitrogens with zero attached hydrogens (tertiary/aromatic N) is 3. The van der Waals surface area contributed by atoms with Crippen molar-refractivity contribution in [3.63, 3.8) is 0 Å². The number of hydrogen-bond acceptors (Lipinski definition) is 4. The van der Waals surface area contributed by atoms with Gasteiger partial charge in [0.05, 0.1) is 19.3 Å². The summed E-state index contributed by atoms with van der Waals surface area (Å²) in [7, 11) is 5.76. The molecule has 6 nitrogen and oxygen atoms in total. The fourth-order valence-electron chi connectivity index (χ4n) is 3.31. The Morgan fingerprint density at radius 1 is 1.30 bits per heavy atom. The van der Waals surface area contributed by atoms with Crippen LogP contribution in [0.3, 0.4) is 0 Å². The molecule has 2 rings (SSSR count). The van der Waals surface area contributed by atoms with E-state index >= 15 is 0 Å². The minimum Gasteiger partial charge on any atom is -0.379 e. The zero-order valence-electron chi connectivity index (χ0n) is 17.3. The van der Waals surface area contributed by atoms with Gasteiger partial charge in [0.15, 0.2) is 5.96 Å². The van der Waals surface area contributed by atoms with Crippen molar-refractivity contribution < 1.29 is 9.13 Å². The number of halogens is 1. The Labute approximate surface area is 162 Å². The largest absolute Gasteiger partial charge is 0.379 e. The van der Waals surface area contributed by atoms with Crippen LogP contribution in [0.25, 0.3) is 0 Å². The molecule has 0 radical (unpaired) electrons. The van der Waals surface area contributed by atoms with Gasteiger partial charge in [-0.2, -0.15) is 0 Å². The highest BCUT2D eigenvalue weighted by atomic mass is 19.1. The van der Waals surface area contributed by atoms with E-state index in [9.17, 15) is 4.39 Å². The number of rotatable bonds is 7. The third-order valence-electron chi connectivity index (χ3n) is 5.10. The second kappa shape index (κ2) is 10.0. The first-order chi connectivity index (χ1) is 12.8. The molecule has 0 saturated carbocycles. The number of benzene rings is 1. The first kappa shape index (κ1) is 21.6. The van der Waals surface area contributed by atoms with Crippen molar-refractivity contribution in [2.45, 2.75) is 25.4 Å². The molecule has 0 aromatic heterocycles. The maximum atomic E-state index is 13.6. The Morgan fingerprint density at radius 2 is 2.00 bits per heavy atom. The van der Waals surface area contributed by atoms with Crippen molar-refractivity contribution in [3.8, 4) is 0 Å². The van der Waals surface area contributed by atoms with Crippen LogP contribution in [0.5, 0.6) is 0 Å². The number of likely N-dealkylation sites (N-methyl/N-ethyl adjacent to an activating group) is 1. The van der Waals surface area contributed by atoms with Crippen molar-refractivity contribution >= 4 is 5.96 Å². The van der Waals surface area contributed by atoms with Crippen molar-refractivity contribution in [2.75, 3.05) is 60.5 Å². The van der Waals surface area contributed by atoms with Gasteiger partial charge >= 0.3 is 0 Å². The monoisotopic (exact) mass is 379 g/mol. The highest BCUT2D eigenvalue weighted by molar-refractivity contribution is 5.79. The summed E-state index contributed by atoms with van der Waals surface area (Å²) in [5, 5.41) is 6.80. The van der Waals surface area contributed by atoms with Gasteiger partial charge in [0.25, 0.3) is 0 Å². The van der Waals surface area contributed by atoms with Crippen LogP contribution in [-0.4, -0.2) is 81.8 Å². The second-order valence-electron chi connectivity index (χ2n) is 7.75. The minimum absolute atomic E-state index is 0.00487. The Kier molecular flexibility index (Phi) is 8.01. The summed E-state index contributed by atoms with van der Waals surface area (Å²) < 4.78 is 19.0. The predicted molar refractivity (Wildman–Crippen MR) is 109 cm³/mol. The van der Waals surface area contributed by atoms with E-state index in [0.717, 1.165) is 44.4 Å². The third-order valence-corrected chi connectivity index (χ3v) is 5.10. The topological polar surface area (TPSA) is 52.1 Å². The average Bonchev–Trinajstić information content (AvgIpc) is 2.65. The molecular formula is C20H34FN5O. The van der Waals surface area contributed by atoms with Crippen LogP contribution < -0.4 is 10.6 Å². The molecule has 0 aliphatic carbocycles. The standard InChI is InChI=1S/C20H34FN5O/c1-20(2,26-9-11-27-12-10-26)15-24-19(22-3)23-14-18(25(4)5)16-7-6-8-17(21)13-16/h6-8,13,18H,9-12,14-15H2,1-5H3,(H2,22,23,24). The van der Waals surface area contributed by atoms with Gasteiger partial charge in [0.2, 0.25) is 0 Å². The fraction of sp³-hybridized carbons (Fsp3) is 0.650. The summed E-state index contributed by atoms with van der Waals surface area (Å²) >= 11 is 0. The molecule has 1 aromatic carbocycles. The van der Waals surface area contributed by atoms with Crippen LogP contribution in [0.2, 0.25) is 0 Å². The number of aliphatic imine (C=N–C) groups is 1. The van der Waals surface area contributed by atoms with E-state index in [4.69, 9.17) is 4.74 Å². The molecule has 1 saturated heterocycles. The van der Waals surface area contributed by atoms with Crippen LogP contribution in [0.15, 0.2) is 29.3 Å². The lowest BCUT2D eigenvalue weighted by molar-refractivity contribution is -0.00834. The zero-order chi connectivity index (χ0) is 19.9. The Hall–Kier alpha value is -1.70. The predicted octanol–water partition coefficient (Wildman–Crippen LogP) is 1.70. The van der Waals surface area contributed by atoms with Gasteiger partial charge in [0, 0.05) is 38.8 Å². The van der Waals surface area contributed by atoms with Crippen molar-refractivity contribution in [1.29, 1.82) is 0 Å². The van der Waals surface area contributed by atoms with Crippen LogP contribution in [-0.2, 0) is 4.74 Å². The summed E-state index contributed by atoms with van der Waals surface area (Å²) in [4.78, 5) is 8.85. The third kappa shape index (κ3) is 6.45. The number of morpholine rings is 1. The number of nitrogens with one attached hydrogen (secondary N) is 2. The minimum atomic E-state index is -0.214. The molecule has 1 aliphatic heterocycles. The Bertz CT molecular complexity index is 614. The van der Waals surface area contributed by atoms with Crippen molar-refractivity contribution in [2.24, 2.45) is 4.99 Å². The number of hydrogen-bond donors (Lipinski definition) is 2. The summed E-state index contributed by atoms with van der Waals surface area (Å²) in [5.74, 6) is 0.536. The number of ether oxygens (including phenoxy) is 1. The highest BCUT2D eigenvalue weighted by Gasteiger charge is 2.28. The van der Waals surface area contributed by atoms with Crippen LogP contribution in [0.4, 0.5) is 4.39 Å². The average molecular weight is 380 g/mol. The fourth-order valence-corrected chi connectivity index (χ4v) is 3.31. The first-order valence-electron chi connectivity index (χ1n) is 9.52. The number of guanidine groups is 1. The van der Waals surface area contributed by atoms with Gasteiger partial charge in [-0.05, 0) is 45.6 Å². The molecule has 27 heavy (non-hydrogen) atoms. The molecule has 1 atom stereocenters. The van der Waals surface area contributed by atoms with Gasteiger partial charge in [-0.15, -0.1) is 0 Å². The molecule has 1 heterocycles. The molecule has 152 valence electrons. The normalized spacial score (nSPS) is 17.8. The van der Waals surface area contributed by atoms with E-state index in [-0.39, 0.29) is 17.4 Å². The van der Waals surface area contributed by atoms with Gasteiger partial charge < -0.3 is 20.3 Å². The summed E-state index contributed by atoms with van der Waals surface area (Å²) in [6.07, 6.45) is 0. The van der Waals surface area contributed by atoms with Crippen LogP contribution in [0, 0.1) is 5.82 Å². The molecule has 1 aromatic rings. The molecule has 1 unspecified atom stereocenters. The lowest BCUT2D eigenvalue weighted by Gasteiger charge is -2.41. The Balaban J connectivity index is 1.91. The van der Waals surface area contributed by atoms with Gasteiger partial charge in [-0.1, -0.05) is 12.1 Å². The van der Waals surface area contributed by atoms with Crippen LogP contribution in [0.1, 0.15) is 25.5 Å². The molecule has 0 spiro atoms. The van der Waals surface area contributed by atoms with E-state index in [0.29, 0.717) is 6.54 Å². The van der Waals surface area contributed by atoms with E-state index in [1.165, 1.54) is 6.07 Å². The lowest BCUT2D eigenvalue weighted by Crippen LogP contribution is -2.56. The van der Waals surface area contributed by atoms with Gasteiger partial charge in [-0.25, -0.2) is 4.39 Å². The summed E-state index contributed by atoms with van der Waals surface area (Å²) in [6.45, 7) is 9.34. The second-order valence-corrected chi connectivity index (χ2v) is 7.75. The molecular weight excluding hydrogens is 345 g/mol. The SMILES string of the molecule is CN=C(NCC(c1cccc(F)c1)N(C)C)NCC(C)(C)N1CCOCC1. The van der Waals surface area contributed by atoms with Gasteiger partial charge in [-0.3, -0.25) is 9.89 Å². The van der Waals surface area contributed by atoms with Crippen molar-refractivity contribution in [3.05, 3.63) is 35.6 Å². The lowest BCUT2D eigenvalue weighted by atomic mass is 10.0. The van der Waals surface area contributed by atoms with E-state index < -0.39 is 0 Å². The maximum absolute atomic E-state index is 13.6.